The van der Waals surface area contributed by atoms with Crippen molar-refractivity contribution >= 4 is 45.1 Å². The van der Waals surface area contributed by atoms with Crippen LogP contribution in [0.2, 0.25) is 10.0 Å². The molecule has 0 aliphatic rings. The van der Waals surface area contributed by atoms with Gasteiger partial charge >= 0.3 is 5.97 Å². The summed E-state index contributed by atoms with van der Waals surface area (Å²) in [5.41, 5.74) is 0.114. The zero-order valence-electron chi connectivity index (χ0n) is 9.36. The first-order valence-electron chi connectivity index (χ1n) is 5.13. The minimum absolute atomic E-state index is 0.114. The molecule has 0 unspecified atom stereocenters. The fourth-order valence-electron chi connectivity index (χ4n) is 1.42. The molecule has 0 atom stereocenters. The van der Waals surface area contributed by atoms with E-state index in [1.54, 1.807) is 30.3 Å². The summed E-state index contributed by atoms with van der Waals surface area (Å²) in [6.45, 7) is 0. The zero-order valence-corrected chi connectivity index (χ0v) is 12.5. The Morgan fingerprint density at radius 2 is 1.89 bits per heavy atom. The van der Waals surface area contributed by atoms with Crippen LogP contribution in [0.25, 0.3) is 0 Å². The molecule has 0 heterocycles. The van der Waals surface area contributed by atoms with Gasteiger partial charge in [-0.1, -0.05) is 23.2 Å². The molecule has 0 saturated heterocycles. The Hall–Kier alpha value is -1.23. The van der Waals surface area contributed by atoms with Crippen molar-refractivity contribution in [1.82, 2.24) is 0 Å². The number of rotatable bonds is 3. The number of carboxylic acids is 1. The number of benzene rings is 2. The summed E-state index contributed by atoms with van der Waals surface area (Å²) in [5.74, 6) is -0.255. The summed E-state index contributed by atoms with van der Waals surface area (Å²) in [6, 6.07) is 9.46. The van der Waals surface area contributed by atoms with E-state index in [0.717, 1.165) is 0 Å². The van der Waals surface area contributed by atoms with Crippen LogP contribution in [0.5, 0.6) is 11.5 Å². The summed E-state index contributed by atoms with van der Waals surface area (Å²) in [7, 11) is 0. The molecule has 0 aromatic heterocycles. The van der Waals surface area contributed by atoms with E-state index in [2.05, 4.69) is 15.9 Å². The van der Waals surface area contributed by atoms with Crippen molar-refractivity contribution in [3.05, 3.63) is 56.5 Å². The smallest absolute Gasteiger partial charge is 0.336 e. The Kier molecular flexibility index (Phi) is 4.34. The Balaban J connectivity index is 2.33. The highest BCUT2D eigenvalue weighted by molar-refractivity contribution is 9.10. The van der Waals surface area contributed by atoms with Crippen molar-refractivity contribution in [3.63, 3.8) is 0 Å². The minimum Gasteiger partial charge on any atom is -0.478 e. The van der Waals surface area contributed by atoms with Gasteiger partial charge in [-0.3, -0.25) is 0 Å². The van der Waals surface area contributed by atoms with Gasteiger partial charge < -0.3 is 9.84 Å². The van der Waals surface area contributed by atoms with E-state index in [1.165, 1.54) is 6.07 Å². The van der Waals surface area contributed by atoms with Gasteiger partial charge in [0.2, 0.25) is 0 Å². The monoisotopic (exact) mass is 360 g/mol. The van der Waals surface area contributed by atoms with Crippen molar-refractivity contribution in [2.75, 3.05) is 0 Å². The second kappa shape index (κ2) is 5.82. The molecule has 3 nitrogen and oxygen atoms in total. The number of carbonyl (C=O) groups is 1. The predicted octanol–water partition coefficient (Wildman–Crippen LogP) is 5.25. The van der Waals surface area contributed by atoms with Gasteiger partial charge in [0.15, 0.2) is 0 Å². The lowest BCUT2D eigenvalue weighted by atomic mass is 10.2. The maximum Gasteiger partial charge on any atom is 0.336 e. The van der Waals surface area contributed by atoms with Crippen molar-refractivity contribution in [2.24, 2.45) is 0 Å². The first-order valence-corrected chi connectivity index (χ1v) is 6.68. The standard InChI is InChI=1S/C13H7BrCl2O3/c14-10-3-2-8(6-9(10)13(17)18)19-12-4-1-7(15)5-11(12)16/h1-6H,(H,17,18). The third kappa shape index (κ3) is 3.41. The quantitative estimate of drug-likeness (QED) is 0.812. The predicted molar refractivity (Wildman–Crippen MR) is 77.6 cm³/mol. The van der Waals surface area contributed by atoms with Crippen molar-refractivity contribution < 1.29 is 14.6 Å². The van der Waals surface area contributed by atoms with Gasteiger partial charge in [-0.05, 0) is 52.3 Å². The summed E-state index contributed by atoms with van der Waals surface area (Å²) >= 11 is 14.9. The van der Waals surface area contributed by atoms with Gasteiger partial charge in [0.1, 0.15) is 11.5 Å². The SMILES string of the molecule is O=C(O)c1cc(Oc2ccc(Cl)cc2Cl)ccc1Br. The summed E-state index contributed by atoms with van der Waals surface area (Å²) in [4.78, 5) is 11.0. The van der Waals surface area contributed by atoms with Crippen LogP contribution in [-0.4, -0.2) is 11.1 Å². The van der Waals surface area contributed by atoms with Crippen LogP contribution in [-0.2, 0) is 0 Å². The first-order chi connectivity index (χ1) is 8.97. The highest BCUT2D eigenvalue weighted by atomic mass is 79.9. The maximum absolute atomic E-state index is 11.0. The Morgan fingerprint density at radius 3 is 2.53 bits per heavy atom. The Bertz CT molecular complexity index is 644. The second-order valence-electron chi connectivity index (χ2n) is 3.62. The van der Waals surface area contributed by atoms with E-state index in [4.69, 9.17) is 33.0 Å². The van der Waals surface area contributed by atoms with E-state index < -0.39 is 5.97 Å². The summed E-state index contributed by atoms with van der Waals surface area (Å²) in [5, 5.41) is 9.87. The lowest BCUT2D eigenvalue weighted by Gasteiger charge is -2.09. The van der Waals surface area contributed by atoms with E-state index in [1.807, 2.05) is 0 Å². The van der Waals surface area contributed by atoms with E-state index in [-0.39, 0.29) is 5.56 Å². The third-order valence-electron chi connectivity index (χ3n) is 2.29. The van der Waals surface area contributed by atoms with E-state index in [9.17, 15) is 4.79 Å². The number of ether oxygens (including phenoxy) is 1. The molecule has 0 radical (unpaired) electrons. The Morgan fingerprint density at radius 1 is 1.16 bits per heavy atom. The molecule has 2 rings (SSSR count). The molecule has 0 saturated carbocycles. The van der Waals surface area contributed by atoms with Gasteiger partial charge in [0.05, 0.1) is 10.6 Å². The summed E-state index contributed by atoms with van der Waals surface area (Å²) < 4.78 is 6.02. The number of hydrogen-bond donors (Lipinski definition) is 1. The van der Waals surface area contributed by atoms with Crippen LogP contribution < -0.4 is 4.74 Å². The second-order valence-corrected chi connectivity index (χ2v) is 5.32. The molecule has 19 heavy (non-hydrogen) atoms. The van der Waals surface area contributed by atoms with Crippen LogP contribution in [0.3, 0.4) is 0 Å². The number of aromatic carboxylic acids is 1. The molecule has 0 spiro atoms. The van der Waals surface area contributed by atoms with Gasteiger partial charge in [-0.15, -0.1) is 0 Å². The molecule has 98 valence electrons. The van der Waals surface area contributed by atoms with Crippen LogP contribution in [0.1, 0.15) is 10.4 Å². The molecule has 6 heteroatoms. The molecule has 1 N–H and O–H groups in total. The highest BCUT2D eigenvalue weighted by Gasteiger charge is 2.11. The average molecular weight is 362 g/mol. The van der Waals surface area contributed by atoms with Crippen LogP contribution in [0, 0.1) is 0 Å². The van der Waals surface area contributed by atoms with E-state index >= 15 is 0 Å². The zero-order chi connectivity index (χ0) is 14.0. The van der Waals surface area contributed by atoms with Crippen LogP contribution in [0.4, 0.5) is 0 Å². The van der Waals surface area contributed by atoms with Gasteiger partial charge in [0, 0.05) is 9.50 Å². The van der Waals surface area contributed by atoms with E-state index in [0.29, 0.717) is 26.0 Å². The van der Waals surface area contributed by atoms with Gasteiger partial charge in [0.25, 0.3) is 0 Å². The van der Waals surface area contributed by atoms with Gasteiger partial charge in [-0.25, -0.2) is 4.79 Å². The van der Waals surface area contributed by atoms with Crippen molar-refractivity contribution in [2.45, 2.75) is 0 Å². The number of carboxylic acid groups (broad SMARTS) is 1. The largest absolute Gasteiger partial charge is 0.478 e. The third-order valence-corrected chi connectivity index (χ3v) is 3.51. The molecule has 0 amide bonds. The topological polar surface area (TPSA) is 46.5 Å². The molecule has 0 aliphatic heterocycles. The molecular formula is C13H7BrCl2O3. The molecule has 2 aromatic rings. The molecule has 2 aromatic carbocycles. The lowest BCUT2D eigenvalue weighted by Crippen LogP contribution is -1.98. The van der Waals surface area contributed by atoms with Crippen molar-refractivity contribution in [3.8, 4) is 11.5 Å². The van der Waals surface area contributed by atoms with Crippen molar-refractivity contribution in [1.29, 1.82) is 0 Å². The molecule has 0 bridgehead atoms. The molecule has 0 aliphatic carbocycles. The normalized spacial score (nSPS) is 10.3. The number of halogens is 3. The number of hydrogen-bond acceptors (Lipinski definition) is 2. The van der Waals surface area contributed by atoms with Crippen LogP contribution in [0.15, 0.2) is 40.9 Å². The maximum atomic E-state index is 11.0. The fourth-order valence-corrected chi connectivity index (χ4v) is 2.28. The average Bonchev–Trinajstić information content (AvgIpc) is 2.34. The summed E-state index contributed by atoms with van der Waals surface area (Å²) in [6.07, 6.45) is 0. The highest BCUT2D eigenvalue weighted by Crippen LogP contribution is 2.33. The Labute approximate surface area is 127 Å². The first kappa shape index (κ1) is 14.2. The lowest BCUT2D eigenvalue weighted by molar-refractivity contribution is 0.0695. The molecular weight excluding hydrogens is 355 g/mol. The molecule has 0 fully saturated rings. The fraction of sp³-hybridized carbons (Fsp3) is 0. The minimum atomic E-state index is -1.04. The van der Waals surface area contributed by atoms with Gasteiger partial charge in [-0.2, -0.15) is 0 Å². The van der Waals surface area contributed by atoms with Crippen LogP contribution >= 0.6 is 39.1 Å².